The van der Waals surface area contributed by atoms with Crippen molar-refractivity contribution >= 4 is 12.0 Å². The Morgan fingerprint density at radius 2 is 1.90 bits per heavy atom. The maximum atomic E-state index is 12.3. The summed E-state index contributed by atoms with van der Waals surface area (Å²) >= 11 is 0. The third-order valence-corrected chi connectivity index (χ3v) is 2.19. The first-order chi connectivity index (χ1) is 9.92. The smallest absolute Gasteiger partial charge is 0.387 e. The second-order valence-electron chi connectivity index (χ2n) is 3.68. The van der Waals surface area contributed by atoms with E-state index in [4.69, 9.17) is 0 Å². The van der Waals surface area contributed by atoms with Crippen molar-refractivity contribution in [3.05, 3.63) is 29.8 Å². The zero-order valence-electron chi connectivity index (χ0n) is 11.0. The molecule has 1 N–H and O–H groups in total. The first-order valence-corrected chi connectivity index (χ1v) is 5.92. The molecule has 116 valence electrons. The Kier molecular flexibility index (Phi) is 6.51. The summed E-state index contributed by atoms with van der Waals surface area (Å²) in [5.74, 6) is -1.12. The zero-order valence-corrected chi connectivity index (χ0v) is 11.0. The molecule has 1 aromatic carbocycles. The Hall–Kier alpha value is -2.25. The largest absolute Gasteiger partial charge is 0.435 e. The zero-order chi connectivity index (χ0) is 15.8. The Bertz CT molecular complexity index is 506. The van der Waals surface area contributed by atoms with Gasteiger partial charge in [0.2, 0.25) is 5.91 Å². The van der Waals surface area contributed by atoms with Crippen LogP contribution in [-0.2, 0) is 4.79 Å². The summed E-state index contributed by atoms with van der Waals surface area (Å²) in [6.45, 7) is -4.09. The fourth-order valence-electron chi connectivity index (χ4n) is 1.43. The third-order valence-electron chi connectivity index (χ3n) is 2.19. The highest BCUT2D eigenvalue weighted by atomic mass is 19.3. The van der Waals surface area contributed by atoms with Crippen molar-refractivity contribution in [2.24, 2.45) is 0 Å². The average molecular weight is 307 g/mol. The number of nitrogens with one attached hydrogen (secondary N) is 1. The number of hydrogen-bond donors (Lipinski definition) is 1. The molecule has 0 saturated heterocycles. The predicted octanol–water partition coefficient (Wildman–Crippen LogP) is 3.04. The first kappa shape index (κ1) is 16.8. The molecule has 0 aliphatic carbocycles. The Morgan fingerprint density at radius 3 is 2.48 bits per heavy atom. The minimum atomic E-state index is -3.14. The van der Waals surface area contributed by atoms with Gasteiger partial charge in [0, 0.05) is 24.3 Å². The van der Waals surface area contributed by atoms with Crippen molar-refractivity contribution in [1.82, 2.24) is 5.32 Å². The van der Waals surface area contributed by atoms with Gasteiger partial charge in [0.05, 0.1) is 0 Å². The lowest BCUT2D eigenvalue weighted by atomic mass is 10.1. The number of carbonyl (C=O) groups is 1. The van der Waals surface area contributed by atoms with E-state index in [1.165, 1.54) is 12.1 Å². The average Bonchev–Trinajstić information content (AvgIpc) is 2.36. The maximum absolute atomic E-state index is 12.3. The quantitative estimate of drug-likeness (QED) is 0.622. The highest BCUT2D eigenvalue weighted by Gasteiger charge is 2.12. The second kappa shape index (κ2) is 8.13. The number of carbonyl (C=O) groups excluding carboxylic acids is 1. The van der Waals surface area contributed by atoms with Gasteiger partial charge in [0.15, 0.2) is 0 Å². The summed E-state index contributed by atoms with van der Waals surface area (Å²) in [5.41, 5.74) is 0.128. The summed E-state index contributed by atoms with van der Waals surface area (Å²) in [4.78, 5) is 11.3. The molecule has 0 aromatic heterocycles. The summed E-state index contributed by atoms with van der Waals surface area (Å²) < 4.78 is 57.1. The highest BCUT2D eigenvalue weighted by molar-refractivity contribution is 5.92. The molecule has 8 heteroatoms. The highest BCUT2D eigenvalue weighted by Crippen LogP contribution is 2.28. The summed E-state index contributed by atoms with van der Waals surface area (Å²) in [6.07, 6.45) is 2.35. The fourth-order valence-corrected chi connectivity index (χ4v) is 1.43. The van der Waals surface area contributed by atoms with Gasteiger partial charge in [-0.2, -0.15) is 17.6 Å². The fraction of sp³-hybridized carbons (Fsp3) is 0.308. The third kappa shape index (κ3) is 6.15. The molecule has 0 saturated carbocycles. The standard InChI is InChI=1S/C13H13F4NO3/c1-2-18-11(19)6-4-8-3-5-9(20-12(14)15)7-10(8)21-13(16)17/h3-7,12-13H,2H2,1H3,(H,18,19)/b6-4+. The molecule has 1 amide bonds. The van der Waals surface area contributed by atoms with E-state index >= 15 is 0 Å². The van der Waals surface area contributed by atoms with Crippen LogP contribution >= 0.6 is 0 Å². The summed E-state index contributed by atoms with van der Waals surface area (Å²) in [5, 5.41) is 2.47. The molecule has 1 aromatic rings. The van der Waals surface area contributed by atoms with Gasteiger partial charge in [-0.3, -0.25) is 4.79 Å². The molecular formula is C13H13F4NO3. The monoisotopic (exact) mass is 307 g/mol. The van der Waals surface area contributed by atoms with E-state index in [2.05, 4.69) is 14.8 Å². The maximum Gasteiger partial charge on any atom is 0.387 e. The van der Waals surface area contributed by atoms with Crippen LogP contribution in [0.25, 0.3) is 6.08 Å². The molecule has 0 heterocycles. The van der Waals surface area contributed by atoms with Crippen molar-refractivity contribution in [3.63, 3.8) is 0 Å². The number of ether oxygens (including phenoxy) is 2. The van der Waals surface area contributed by atoms with Gasteiger partial charge in [0.25, 0.3) is 0 Å². The van der Waals surface area contributed by atoms with Crippen LogP contribution in [0.3, 0.4) is 0 Å². The van der Waals surface area contributed by atoms with E-state index in [-0.39, 0.29) is 17.1 Å². The number of alkyl halides is 4. The van der Waals surface area contributed by atoms with Gasteiger partial charge in [0.1, 0.15) is 11.5 Å². The minimum Gasteiger partial charge on any atom is -0.435 e. The van der Waals surface area contributed by atoms with Gasteiger partial charge >= 0.3 is 13.2 Å². The molecule has 0 aliphatic rings. The topological polar surface area (TPSA) is 47.6 Å². The van der Waals surface area contributed by atoms with Crippen molar-refractivity contribution in [2.45, 2.75) is 20.1 Å². The van der Waals surface area contributed by atoms with Crippen LogP contribution in [0.5, 0.6) is 11.5 Å². The molecule has 0 aliphatic heterocycles. The Morgan fingerprint density at radius 1 is 1.24 bits per heavy atom. The molecular weight excluding hydrogens is 294 g/mol. The minimum absolute atomic E-state index is 0.128. The first-order valence-electron chi connectivity index (χ1n) is 5.92. The Labute approximate surface area is 118 Å². The number of amides is 1. The van der Waals surface area contributed by atoms with Gasteiger partial charge in [-0.1, -0.05) is 0 Å². The SMILES string of the molecule is CCNC(=O)/C=C/c1ccc(OC(F)F)cc1OC(F)F. The number of benzene rings is 1. The van der Waals surface area contributed by atoms with Crippen LogP contribution in [0.1, 0.15) is 12.5 Å². The van der Waals surface area contributed by atoms with Gasteiger partial charge < -0.3 is 14.8 Å². The van der Waals surface area contributed by atoms with E-state index in [0.29, 0.717) is 6.54 Å². The number of halogens is 4. The van der Waals surface area contributed by atoms with Crippen LogP contribution in [-0.4, -0.2) is 25.7 Å². The molecule has 0 radical (unpaired) electrons. The van der Waals surface area contributed by atoms with Crippen LogP contribution in [0.15, 0.2) is 24.3 Å². The molecule has 0 unspecified atom stereocenters. The number of hydrogen-bond acceptors (Lipinski definition) is 3. The van der Waals surface area contributed by atoms with Gasteiger partial charge in [-0.05, 0) is 25.1 Å². The lowest BCUT2D eigenvalue weighted by molar-refractivity contribution is -0.116. The van der Waals surface area contributed by atoms with Crippen LogP contribution in [0, 0.1) is 0 Å². The van der Waals surface area contributed by atoms with E-state index in [9.17, 15) is 22.4 Å². The molecule has 0 spiro atoms. The van der Waals surface area contributed by atoms with E-state index in [1.54, 1.807) is 6.92 Å². The summed E-state index contributed by atoms with van der Waals surface area (Å²) in [7, 11) is 0. The Balaban J connectivity index is 2.98. The van der Waals surface area contributed by atoms with Crippen molar-refractivity contribution < 1.29 is 31.8 Å². The van der Waals surface area contributed by atoms with Crippen LogP contribution < -0.4 is 14.8 Å². The number of likely N-dealkylation sites (N-methyl/N-ethyl adjacent to an activating group) is 1. The van der Waals surface area contributed by atoms with Crippen molar-refractivity contribution in [1.29, 1.82) is 0 Å². The predicted molar refractivity (Wildman–Crippen MR) is 67.4 cm³/mol. The van der Waals surface area contributed by atoms with Gasteiger partial charge in [-0.15, -0.1) is 0 Å². The van der Waals surface area contributed by atoms with Crippen molar-refractivity contribution in [2.75, 3.05) is 6.54 Å². The summed E-state index contributed by atoms with van der Waals surface area (Å²) in [6, 6.07) is 3.28. The second-order valence-corrected chi connectivity index (χ2v) is 3.68. The molecule has 0 atom stereocenters. The number of rotatable bonds is 7. The van der Waals surface area contributed by atoms with Gasteiger partial charge in [-0.25, -0.2) is 0 Å². The van der Waals surface area contributed by atoms with Crippen LogP contribution in [0.4, 0.5) is 17.6 Å². The molecule has 1 rings (SSSR count). The van der Waals surface area contributed by atoms with E-state index < -0.39 is 19.1 Å². The van der Waals surface area contributed by atoms with E-state index in [1.807, 2.05) is 0 Å². The lowest BCUT2D eigenvalue weighted by Crippen LogP contribution is -2.19. The molecule has 0 fully saturated rings. The van der Waals surface area contributed by atoms with E-state index in [0.717, 1.165) is 18.2 Å². The lowest BCUT2D eigenvalue weighted by Gasteiger charge is -2.11. The molecule has 4 nitrogen and oxygen atoms in total. The normalized spacial score (nSPS) is 11.2. The van der Waals surface area contributed by atoms with Crippen LogP contribution in [0.2, 0.25) is 0 Å². The molecule has 21 heavy (non-hydrogen) atoms. The molecule has 0 bridgehead atoms. The van der Waals surface area contributed by atoms with Crippen molar-refractivity contribution in [3.8, 4) is 11.5 Å².